The first-order valence-corrected chi connectivity index (χ1v) is 5.49. The zero-order valence-corrected chi connectivity index (χ0v) is 9.82. The summed E-state index contributed by atoms with van der Waals surface area (Å²) in [5.41, 5.74) is 6.56. The van der Waals surface area contributed by atoms with E-state index in [1.165, 1.54) is 13.3 Å². The highest BCUT2D eigenvalue weighted by Gasteiger charge is 2.09. The van der Waals surface area contributed by atoms with Crippen molar-refractivity contribution in [1.29, 1.82) is 0 Å². The van der Waals surface area contributed by atoms with Gasteiger partial charge < -0.3 is 15.8 Å². The number of methoxy groups -OCH3 is 1. The molecule has 0 atom stereocenters. The Kier molecular flexibility index (Phi) is 3.20. The van der Waals surface area contributed by atoms with Crippen LogP contribution in [-0.4, -0.2) is 22.6 Å². The average molecular weight is 250 g/mol. The van der Waals surface area contributed by atoms with Crippen LogP contribution in [0.2, 0.25) is 0 Å². The molecule has 2 rings (SSSR count). The minimum atomic E-state index is -0.276. The monoisotopic (exact) mass is 250 g/mol. The molecule has 1 aromatic heterocycles. The Bertz CT molecular complexity index is 527. The lowest BCUT2D eigenvalue weighted by Gasteiger charge is -2.06. The third-order valence-corrected chi connectivity index (χ3v) is 2.60. The van der Waals surface area contributed by atoms with Crippen molar-refractivity contribution >= 4 is 28.1 Å². The summed E-state index contributed by atoms with van der Waals surface area (Å²) in [5.74, 6) is 0.263. The van der Waals surface area contributed by atoms with E-state index in [4.69, 9.17) is 10.5 Å². The van der Waals surface area contributed by atoms with Crippen LogP contribution >= 0.6 is 11.5 Å². The lowest BCUT2D eigenvalue weighted by Crippen LogP contribution is -2.11. The maximum atomic E-state index is 11.9. The van der Waals surface area contributed by atoms with Gasteiger partial charge in [0.15, 0.2) is 0 Å². The van der Waals surface area contributed by atoms with Crippen molar-refractivity contribution in [2.75, 3.05) is 18.2 Å². The summed E-state index contributed by atoms with van der Waals surface area (Å²) < 4.78 is 8.69. The molecule has 6 nitrogen and oxygen atoms in total. The number of nitrogen functional groups attached to an aromatic ring is 1. The van der Waals surface area contributed by atoms with E-state index >= 15 is 0 Å². The van der Waals surface area contributed by atoms with E-state index in [1.54, 1.807) is 18.2 Å². The summed E-state index contributed by atoms with van der Waals surface area (Å²) in [6, 6.07) is 4.83. The van der Waals surface area contributed by atoms with Crippen LogP contribution in [-0.2, 0) is 0 Å². The zero-order valence-electron chi connectivity index (χ0n) is 9.01. The van der Waals surface area contributed by atoms with Crippen LogP contribution in [0.1, 0.15) is 10.4 Å². The molecular formula is C10H10N4O2S. The van der Waals surface area contributed by atoms with Gasteiger partial charge in [-0.3, -0.25) is 4.79 Å². The molecule has 0 aliphatic heterocycles. The molecule has 2 aromatic rings. The Morgan fingerprint density at radius 2 is 2.29 bits per heavy atom. The molecule has 17 heavy (non-hydrogen) atoms. The van der Waals surface area contributed by atoms with Crippen LogP contribution in [0.5, 0.6) is 5.75 Å². The summed E-state index contributed by atoms with van der Waals surface area (Å²) in [4.78, 5) is 11.9. The van der Waals surface area contributed by atoms with Gasteiger partial charge in [-0.05, 0) is 12.1 Å². The van der Waals surface area contributed by atoms with E-state index in [-0.39, 0.29) is 5.91 Å². The topological polar surface area (TPSA) is 90.1 Å². The van der Waals surface area contributed by atoms with Crippen molar-refractivity contribution < 1.29 is 9.53 Å². The number of anilines is 2. The molecule has 7 heteroatoms. The second kappa shape index (κ2) is 4.79. The lowest BCUT2D eigenvalue weighted by molar-refractivity contribution is 0.102. The number of rotatable bonds is 3. The van der Waals surface area contributed by atoms with Gasteiger partial charge in [-0.15, -0.1) is 5.10 Å². The minimum Gasteiger partial charge on any atom is -0.497 e. The molecule has 0 aliphatic carbocycles. The van der Waals surface area contributed by atoms with Crippen molar-refractivity contribution in [1.82, 2.24) is 9.59 Å². The fourth-order valence-corrected chi connectivity index (χ4v) is 1.69. The highest BCUT2D eigenvalue weighted by molar-refractivity contribution is 7.10. The number of amides is 1. The van der Waals surface area contributed by atoms with Gasteiger partial charge in [0.05, 0.1) is 13.3 Å². The van der Waals surface area contributed by atoms with Gasteiger partial charge in [0, 0.05) is 28.8 Å². The van der Waals surface area contributed by atoms with Gasteiger partial charge in [0.2, 0.25) is 0 Å². The van der Waals surface area contributed by atoms with Crippen molar-refractivity contribution in [2.45, 2.75) is 0 Å². The van der Waals surface area contributed by atoms with E-state index in [1.807, 2.05) is 0 Å². The normalized spacial score (nSPS) is 9.94. The molecule has 0 unspecified atom stereocenters. The van der Waals surface area contributed by atoms with E-state index in [2.05, 4.69) is 14.9 Å². The van der Waals surface area contributed by atoms with Crippen molar-refractivity contribution in [3.05, 3.63) is 30.0 Å². The molecule has 1 heterocycles. The molecule has 0 aliphatic rings. The number of hydrogen-bond donors (Lipinski definition) is 2. The quantitative estimate of drug-likeness (QED) is 0.803. The van der Waals surface area contributed by atoms with E-state index < -0.39 is 0 Å². The molecule has 0 bridgehead atoms. The van der Waals surface area contributed by atoms with Crippen molar-refractivity contribution in [3.63, 3.8) is 0 Å². The SMILES string of the molecule is COc1cc(N)cc(C(=O)Nc2cnns2)c1. The molecule has 1 amide bonds. The Labute approximate surface area is 102 Å². The zero-order chi connectivity index (χ0) is 12.3. The summed E-state index contributed by atoms with van der Waals surface area (Å²) in [6.07, 6.45) is 1.48. The highest BCUT2D eigenvalue weighted by atomic mass is 32.1. The third kappa shape index (κ3) is 2.70. The van der Waals surface area contributed by atoms with Crippen LogP contribution in [0.3, 0.4) is 0 Å². The molecule has 0 saturated carbocycles. The molecule has 1 aromatic carbocycles. The summed E-state index contributed by atoms with van der Waals surface area (Å²) in [6.45, 7) is 0. The number of carbonyl (C=O) groups excluding carboxylic acids is 1. The van der Waals surface area contributed by atoms with Gasteiger partial charge in [-0.2, -0.15) is 0 Å². The lowest BCUT2D eigenvalue weighted by atomic mass is 10.2. The highest BCUT2D eigenvalue weighted by Crippen LogP contribution is 2.20. The molecule has 0 radical (unpaired) electrons. The number of aromatic nitrogens is 2. The smallest absolute Gasteiger partial charge is 0.256 e. The minimum absolute atomic E-state index is 0.276. The van der Waals surface area contributed by atoms with Crippen molar-refractivity contribution in [2.24, 2.45) is 0 Å². The predicted molar refractivity (Wildman–Crippen MR) is 65.3 cm³/mol. The first-order chi connectivity index (χ1) is 8.19. The molecule has 3 N–H and O–H groups in total. The summed E-state index contributed by atoms with van der Waals surface area (Å²) in [7, 11) is 1.52. The molecule has 0 spiro atoms. The Balaban J connectivity index is 2.21. The number of carbonyl (C=O) groups is 1. The van der Waals surface area contributed by atoms with Gasteiger partial charge >= 0.3 is 0 Å². The van der Waals surface area contributed by atoms with Gasteiger partial charge in [-0.1, -0.05) is 4.49 Å². The Morgan fingerprint density at radius 3 is 2.94 bits per heavy atom. The molecular weight excluding hydrogens is 240 g/mol. The van der Waals surface area contributed by atoms with Gasteiger partial charge in [0.25, 0.3) is 5.91 Å². The Morgan fingerprint density at radius 1 is 1.47 bits per heavy atom. The van der Waals surface area contributed by atoms with Crippen LogP contribution in [0.4, 0.5) is 10.7 Å². The fraction of sp³-hybridized carbons (Fsp3) is 0.100. The molecule has 0 fully saturated rings. The van der Waals surface area contributed by atoms with Crippen LogP contribution in [0, 0.1) is 0 Å². The van der Waals surface area contributed by atoms with Crippen LogP contribution in [0.25, 0.3) is 0 Å². The third-order valence-electron chi connectivity index (χ3n) is 2.02. The fourth-order valence-electron chi connectivity index (χ4n) is 1.28. The number of benzene rings is 1. The van der Waals surface area contributed by atoms with Gasteiger partial charge in [-0.25, -0.2) is 0 Å². The summed E-state index contributed by atoms with van der Waals surface area (Å²) in [5, 5.41) is 6.86. The van der Waals surface area contributed by atoms with E-state index in [9.17, 15) is 4.79 Å². The number of ether oxygens (including phenoxy) is 1. The van der Waals surface area contributed by atoms with Crippen LogP contribution < -0.4 is 15.8 Å². The van der Waals surface area contributed by atoms with E-state index in [0.717, 1.165) is 11.5 Å². The molecule has 88 valence electrons. The number of hydrogen-bond acceptors (Lipinski definition) is 6. The first kappa shape index (κ1) is 11.3. The second-order valence-corrected chi connectivity index (χ2v) is 4.02. The largest absolute Gasteiger partial charge is 0.497 e. The standard InChI is InChI=1S/C10H10N4O2S/c1-16-8-3-6(2-7(11)4-8)10(15)13-9-5-12-14-17-9/h2-5H,11H2,1H3,(H,13,15). The number of nitrogens with two attached hydrogens (primary N) is 1. The van der Waals surface area contributed by atoms with E-state index in [0.29, 0.717) is 22.0 Å². The maximum Gasteiger partial charge on any atom is 0.256 e. The summed E-state index contributed by atoms with van der Waals surface area (Å²) >= 11 is 1.10. The number of nitrogens with zero attached hydrogens (tertiary/aromatic N) is 2. The average Bonchev–Trinajstić information content (AvgIpc) is 2.81. The predicted octanol–water partition coefficient (Wildman–Crippen LogP) is 1.38. The Hall–Kier alpha value is -2.15. The van der Waals surface area contributed by atoms with Gasteiger partial charge in [0.1, 0.15) is 10.8 Å². The second-order valence-electron chi connectivity index (χ2n) is 3.23. The van der Waals surface area contributed by atoms with Crippen molar-refractivity contribution in [3.8, 4) is 5.75 Å². The first-order valence-electron chi connectivity index (χ1n) is 4.72. The number of nitrogens with one attached hydrogen (secondary N) is 1. The molecule has 0 saturated heterocycles. The maximum absolute atomic E-state index is 11.9. The van der Waals surface area contributed by atoms with Crippen LogP contribution in [0.15, 0.2) is 24.4 Å².